The molecule has 1 aliphatic heterocycles. The lowest BCUT2D eigenvalue weighted by atomic mass is 10.1. The van der Waals surface area contributed by atoms with Crippen LogP contribution in [0.15, 0.2) is 11.8 Å². The number of carbonyl (C=O) groups excluding carboxylic acids is 1. The van der Waals surface area contributed by atoms with Crippen LogP contribution in [0.5, 0.6) is 0 Å². The van der Waals surface area contributed by atoms with Crippen molar-refractivity contribution in [1.82, 2.24) is 5.48 Å². The lowest BCUT2D eigenvalue weighted by Crippen LogP contribution is -2.41. The molecule has 0 saturated heterocycles. The Kier molecular flexibility index (Phi) is 1.40. The summed E-state index contributed by atoms with van der Waals surface area (Å²) in [5.74, 6) is -0.489. The van der Waals surface area contributed by atoms with Crippen molar-refractivity contribution >= 4 is 5.91 Å². The number of nitrogens with one attached hydrogen (secondary N) is 1. The van der Waals surface area contributed by atoms with Crippen molar-refractivity contribution < 1.29 is 9.63 Å². The second kappa shape index (κ2) is 1.98. The van der Waals surface area contributed by atoms with Gasteiger partial charge in [0.1, 0.15) is 0 Å². The number of amides is 1. The Bertz CT molecular complexity index is 200. The molecule has 1 rings (SSSR count). The predicted molar refractivity (Wildman–Crippen MR) is 35.6 cm³/mol. The Morgan fingerprint density at radius 1 is 1.90 bits per heavy atom. The molecule has 0 fully saturated rings. The molecule has 1 unspecified atom stereocenters. The molecule has 0 aromatic heterocycles. The monoisotopic (exact) mass is 142 g/mol. The van der Waals surface area contributed by atoms with Gasteiger partial charge in [-0.2, -0.15) is 0 Å². The van der Waals surface area contributed by atoms with E-state index in [-0.39, 0.29) is 0 Å². The summed E-state index contributed by atoms with van der Waals surface area (Å²) in [4.78, 5) is 15.6. The minimum atomic E-state index is -0.968. The van der Waals surface area contributed by atoms with E-state index in [0.717, 1.165) is 5.70 Å². The summed E-state index contributed by atoms with van der Waals surface area (Å²) >= 11 is 0. The predicted octanol–water partition coefficient (Wildman–Crippen LogP) is -0.331. The van der Waals surface area contributed by atoms with Gasteiger partial charge >= 0.3 is 0 Å². The molecule has 0 aromatic rings. The Balaban J connectivity index is 2.82. The van der Waals surface area contributed by atoms with Gasteiger partial charge in [0, 0.05) is 5.70 Å². The third-order valence-corrected chi connectivity index (χ3v) is 1.41. The molecule has 1 aliphatic rings. The molecule has 56 valence electrons. The molecular weight excluding hydrogens is 132 g/mol. The number of hydrogen-bond donors (Lipinski definition) is 2. The Morgan fingerprint density at radius 2 is 2.50 bits per heavy atom. The van der Waals surface area contributed by atoms with Gasteiger partial charge in [0.15, 0.2) is 5.60 Å². The van der Waals surface area contributed by atoms with E-state index in [2.05, 4.69) is 5.48 Å². The van der Waals surface area contributed by atoms with Crippen LogP contribution in [0.2, 0.25) is 0 Å². The topological polar surface area (TPSA) is 64.4 Å². The van der Waals surface area contributed by atoms with Crippen molar-refractivity contribution in [3.63, 3.8) is 0 Å². The summed E-state index contributed by atoms with van der Waals surface area (Å²) < 4.78 is 0. The second-order valence-electron chi connectivity index (χ2n) is 2.50. The van der Waals surface area contributed by atoms with Gasteiger partial charge in [0.05, 0.1) is 0 Å². The highest BCUT2D eigenvalue weighted by Crippen LogP contribution is 2.17. The van der Waals surface area contributed by atoms with Crippen molar-refractivity contribution in [2.24, 2.45) is 5.73 Å². The van der Waals surface area contributed by atoms with Crippen LogP contribution >= 0.6 is 0 Å². The number of carbonyl (C=O) groups is 1. The van der Waals surface area contributed by atoms with E-state index < -0.39 is 11.5 Å². The molecular formula is C6H10N2O2. The van der Waals surface area contributed by atoms with Crippen molar-refractivity contribution in [3.8, 4) is 0 Å². The highest BCUT2D eigenvalue weighted by molar-refractivity contribution is 5.85. The zero-order valence-corrected chi connectivity index (χ0v) is 5.97. The van der Waals surface area contributed by atoms with Crippen LogP contribution in [0, 0.1) is 0 Å². The second-order valence-corrected chi connectivity index (χ2v) is 2.50. The quantitative estimate of drug-likeness (QED) is 0.527. The molecule has 0 bridgehead atoms. The fraction of sp³-hybridized carbons (Fsp3) is 0.500. The average Bonchev–Trinajstić information content (AvgIpc) is 2.13. The van der Waals surface area contributed by atoms with Crippen molar-refractivity contribution in [1.29, 1.82) is 0 Å². The average molecular weight is 142 g/mol. The third kappa shape index (κ3) is 0.974. The molecule has 0 aliphatic carbocycles. The number of hydrogen-bond acceptors (Lipinski definition) is 3. The van der Waals surface area contributed by atoms with Crippen LogP contribution in [0.1, 0.15) is 13.8 Å². The summed E-state index contributed by atoms with van der Waals surface area (Å²) in [6.07, 6.45) is 1.65. The maximum atomic E-state index is 10.7. The molecule has 0 aromatic carbocycles. The van der Waals surface area contributed by atoms with E-state index in [9.17, 15) is 4.79 Å². The van der Waals surface area contributed by atoms with Gasteiger partial charge in [-0.15, -0.1) is 0 Å². The number of rotatable bonds is 1. The van der Waals surface area contributed by atoms with Gasteiger partial charge in [-0.3, -0.25) is 15.1 Å². The van der Waals surface area contributed by atoms with Crippen LogP contribution in [-0.2, 0) is 9.63 Å². The standard InChI is InChI=1S/C6H10N2O2/c1-4-3-6(2,5(7)9)10-8-4/h3,8H,1-2H3,(H2,7,9). The number of hydroxylamine groups is 1. The zero-order chi connectivity index (χ0) is 7.78. The fourth-order valence-corrected chi connectivity index (χ4v) is 0.780. The molecule has 1 heterocycles. The normalized spacial score (nSPS) is 31.2. The van der Waals surface area contributed by atoms with E-state index >= 15 is 0 Å². The van der Waals surface area contributed by atoms with Gasteiger partial charge in [0.2, 0.25) is 0 Å². The minimum absolute atomic E-state index is 0.489. The molecule has 0 saturated carbocycles. The highest BCUT2D eigenvalue weighted by atomic mass is 16.7. The maximum absolute atomic E-state index is 10.7. The highest BCUT2D eigenvalue weighted by Gasteiger charge is 2.34. The Hall–Kier alpha value is -1.03. The van der Waals surface area contributed by atoms with Crippen molar-refractivity contribution in [2.45, 2.75) is 19.4 Å². The van der Waals surface area contributed by atoms with Crippen molar-refractivity contribution in [3.05, 3.63) is 11.8 Å². The van der Waals surface area contributed by atoms with Crippen LogP contribution in [0.4, 0.5) is 0 Å². The fourth-order valence-electron chi connectivity index (χ4n) is 0.780. The number of nitrogens with two attached hydrogens (primary N) is 1. The van der Waals surface area contributed by atoms with Gasteiger partial charge < -0.3 is 5.73 Å². The SMILES string of the molecule is CC1=CC(C)(C(N)=O)ON1. The lowest BCUT2D eigenvalue weighted by Gasteiger charge is -2.14. The lowest BCUT2D eigenvalue weighted by molar-refractivity contribution is -0.138. The van der Waals surface area contributed by atoms with E-state index in [1.165, 1.54) is 0 Å². The summed E-state index contributed by atoms with van der Waals surface area (Å²) in [6.45, 7) is 3.41. The van der Waals surface area contributed by atoms with Crippen LogP contribution in [-0.4, -0.2) is 11.5 Å². The first-order chi connectivity index (χ1) is 4.54. The van der Waals surface area contributed by atoms with E-state index in [1.807, 2.05) is 0 Å². The smallest absolute Gasteiger partial charge is 0.256 e. The molecule has 1 atom stereocenters. The molecule has 1 amide bonds. The molecule has 10 heavy (non-hydrogen) atoms. The molecule has 0 spiro atoms. The van der Waals surface area contributed by atoms with E-state index in [4.69, 9.17) is 10.6 Å². The van der Waals surface area contributed by atoms with E-state index in [0.29, 0.717) is 0 Å². The van der Waals surface area contributed by atoms with Crippen LogP contribution in [0.3, 0.4) is 0 Å². The molecule has 3 N–H and O–H groups in total. The summed E-state index contributed by atoms with van der Waals surface area (Å²) in [6, 6.07) is 0. The van der Waals surface area contributed by atoms with Gasteiger partial charge in [-0.05, 0) is 19.9 Å². The van der Waals surface area contributed by atoms with Gasteiger partial charge in [-0.1, -0.05) is 0 Å². The number of primary amides is 1. The first-order valence-electron chi connectivity index (χ1n) is 2.98. The first-order valence-corrected chi connectivity index (χ1v) is 2.98. The van der Waals surface area contributed by atoms with Crippen LogP contribution < -0.4 is 11.2 Å². The summed E-state index contributed by atoms with van der Waals surface area (Å²) in [7, 11) is 0. The largest absolute Gasteiger partial charge is 0.367 e. The van der Waals surface area contributed by atoms with E-state index in [1.54, 1.807) is 19.9 Å². The maximum Gasteiger partial charge on any atom is 0.256 e. The number of allylic oxidation sites excluding steroid dienone is 1. The minimum Gasteiger partial charge on any atom is -0.367 e. The summed E-state index contributed by atoms with van der Waals surface area (Å²) in [5, 5.41) is 0. The summed E-state index contributed by atoms with van der Waals surface area (Å²) in [5.41, 5.74) is 7.44. The van der Waals surface area contributed by atoms with Gasteiger partial charge in [0.25, 0.3) is 5.91 Å². The zero-order valence-electron chi connectivity index (χ0n) is 5.97. The molecule has 4 nitrogen and oxygen atoms in total. The Labute approximate surface area is 59.0 Å². The third-order valence-electron chi connectivity index (χ3n) is 1.41. The molecule has 4 heteroatoms. The first kappa shape index (κ1) is 7.08. The van der Waals surface area contributed by atoms with Gasteiger partial charge in [-0.25, -0.2) is 0 Å². The molecule has 0 radical (unpaired) electrons. The van der Waals surface area contributed by atoms with Crippen molar-refractivity contribution in [2.75, 3.05) is 0 Å². The van der Waals surface area contributed by atoms with Crippen LogP contribution in [0.25, 0.3) is 0 Å². The Morgan fingerprint density at radius 3 is 2.70 bits per heavy atom.